The summed E-state index contributed by atoms with van der Waals surface area (Å²) in [5.41, 5.74) is 8.17. The van der Waals surface area contributed by atoms with E-state index in [4.69, 9.17) is 10.5 Å². The largest absolute Gasteiger partial charge is 0.370 e. The van der Waals surface area contributed by atoms with E-state index in [0.717, 1.165) is 12.8 Å². The highest BCUT2D eigenvalue weighted by Gasteiger charge is 2.36. The minimum absolute atomic E-state index is 0.350. The van der Waals surface area contributed by atoms with E-state index in [0.29, 0.717) is 24.9 Å². The molecule has 3 N–H and O–H groups in total. The molecule has 1 aromatic carbocycles. The van der Waals surface area contributed by atoms with Gasteiger partial charge in [-0.05, 0) is 36.1 Å². The monoisotopic (exact) mass is 310 g/mol. The molecule has 0 bridgehead atoms. The molecule has 120 valence electrons. The number of nitrogens with two attached hydrogens (primary N) is 1. The summed E-state index contributed by atoms with van der Waals surface area (Å²) in [6, 6.07) is 14.0. The van der Waals surface area contributed by atoms with Gasteiger partial charge < -0.3 is 15.8 Å². The van der Waals surface area contributed by atoms with E-state index in [1.807, 2.05) is 18.2 Å². The SMILES string of the molecule is CCC1(CN=C(N)Nc2ccccn2)OCCc2ccccc21. The molecule has 0 radical (unpaired) electrons. The van der Waals surface area contributed by atoms with Crippen molar-refractivity contribution in [3.8, 4) is 0 Å². The van der Waals surface area contributed by atoms with Crippen molar-refractivity contribution in [3.63, 3.8) is 0 Å². The van der Waals surface area contributed by atoms with E-state index in [1.165, 1.54) is 11.1 Å². The number of aliphatic imine (C=N–C) groups is 1. The van der Waals surface area contributed by atoms with Gasteiger partial charge in [-0.3, -0.25) is 0 Å². The van der Waals surface area contributed by atoms with Gasteiger partial charge in [0.15, 0.2) is 5.96 Å². The van der Waals surface area contributed by atoms with Crippen LogP contribution in [0.25, 0.3) is 0 Å². The lowest BCUT2D eigenvalue weighted by Gasteiger charge is -2.37. The second-order valence-electron chi connectivity index (χ2n) is 5.64. The van der Waals surface area contributed by atoms with Crippen molar-refractivity contribution in [1.29, 1.82) is 0 Å². The number of benzene rings is 1. The highest BCUT2D eigenvalue weighted by atomic mass is 16.5. The van der Waals surface area contributed by atoms with Crippen LogP contribution in [0.3, 0.4) is 0 Å². The van der Waals surface area contributed by atoms with Crippen LogP contribution in [-0.2, 0) is 16.8 Å². The van der Waals surface area contributed by atoms with E-state index in [1.54, 1.807) is 6.20 Å². The van der Waals surface area contributed by atoms with Gasteiger partial charge in [0.25, 0.3) is 0 Å². The second kappa shape index (κ2) is 6.79. The predicted octanol–water partition coefficient (Wildman–Crippen LogP) is 2.69. The lowest BCUT2D eigenvalue weighted by atomic mass is 9.84. The van der Waals surface area contributed by atoms with E-state index >= 15 is 0 Å². The van der Waals surface area contributed by atoms with Crippen LogP contribution in [0.4, 0.5) is 5.82 Å². The molecule has 0 aliphatic carbocycles. The Morgan fingerprint density at radius 2 is 2.13 bits per heavy atom. The quantitative estimate of drug-likeness (QED) is 0.673. The summed E-state index contributed by atoms with van der Waals surface area (Å²) in [4.78, 5) is 8.69. The first-order valence-corrected chi connectivity index (χ1v) is 7.94. The zero-order chi connectivity index (χ0) is 16.1. The first-order valence-electron chi connectivity index (χ1n) is 7.94. The highest BCUT2D eigenvalue weighted by Crippen LogP contribution is 2.36. The van der Waals surface area contributed by atoms with Gasteiger partial charge in [0.1, 0.15) is 11.4 Å². The normalized spacial score (nSPS) is 20.8. The summed E-state index contributed by atoms with van der Waals surface area (Å²) in [7, 11) is 0. The summed E-state index contributed by atoms with van der Waals surface area (Å²) < 4.78 is 6.14. The molecule has 0 spiro atoms. The van der Waals surface area contributed by atoms with Gasteiger partial charge in [-0.15, -0.1) is 0 Å². The van der Waals surface area contributed by atoms with Crippen LogP contribution in [0, 0.1) is 0 Å². The van der Waals surface area contributed by atoms with E-state index in [2.05, 4.69) is 46.5 Å². The molecule has 3 rings (SSSR count). The molecule has 0 saturated heterocycles. The van der Waals surface area contributed by atoms with Gasteiger partial charge in [0.05, 0.1) is 13.2 Å². The fraction of sp³-hybridized carbons (Fsp3) is 0.333. The maximum absolute atomic E-state index is 6.14. The Labute approximate surface area is 136 Å². The first-order chi connectivity index (χ1) is 11.2. The summed E-state index contributed by atoms with van der Waals surface area (Å²) in [6.07, 6.45) is 3.51. The molecule has 23 heavy (non-hydrogen) atoms. The molecule has 5 nitrogen and oxygen atoms in total. The van der Waals surface area contributed by atoms with Gasteiger partial charge in [-0.2, -0.15) is 0 Å². The second-order valence-corrected chi connectivity index (χ2v) is 5.64. The number of anilines is 1. The maximum Gasteiger partial charge on any atom is 0.194 e. The zero-order valence-electron chi connectivity index (χ0n) is 13.3. The third kappa shape index (κ3) is 3.35. The minimum atomic E-state index is -0.398. The molecule has 0 saturated carbocycles. The van der Waals surface area contributed by atoms with Crippen molar-refractivity contribution in [1.82, 2.24) is 4.98 Å². The Morgan fingerprint density at radius 1 is 1.30 bits per heavy atom. The summed E-state index contributed by atoms with van der Waals surface area (Å²) in [5.74, 6) is 1.03. The average Bonchev–Trinajstić information content (AvgIpc) is 2.61. The Bertz CT molecular complexity index is 686. The van der Waals surface area contributed by atoms with Crippen molar-refractivity contribution in [3.05, 3.63) is 59.8 Å². The fourth-order valence-electron chi connectivity index (χ4n) is 2.97. The van der Waals surface area contributed by atoms with Crippen molar-refractivity contribution in [2.75, 3.05) is 18.5 Å². The fourth-order valence-corrected chi connectivity index (χ4v) is 2.97. The molecule has 0 amide bonds. The molecular formula is C18H22N4O. The number of hydrogen-bond acceptors (Lipinski definition) is 3. The zero-order valence-corrected chi connectivity index (χ0v) is 13.3. The summed E-state index contributed by atoms with van der Waals surface area (Å²) >= 11 is 0. The van der Waals surface area contributed by atoms with Crippen LogP contribution < -0.4 is 11.1 Å². The van der Waals surface area contributed by atoms with Crippen molar-refractivity contribution < 1.29 is 4.74 Å². The van der Waals surface area contributed by atoms with Crippen LogP contribution in [0.15, 0.2) is 53.7 Å². The van der Waals surface area contributed by atoms with Crippen molar-refractivity contribution >= 4 is 11.8 Å². The molecule has 1 aromatic heterocycles. The number of pyridine rings is 1. The van der Waals surface area contributed by atoms with Gasteiger partial charge in [-0.25, -0.2) is 9.98 Å². The minimum Gasteiger partial charge on any atom is -0.370 e. The van der Waals surface area contributed by atoms with Crippen LogP contribution in [-0.4, -0.2) is 24.1 Å². The van der Waals surface area contributed by atoms with Gasteiger partial charge in [-0.1, -0.05) is 37.3 Å². The number of fused-ring (bicyclic) bond motifs is 1. The molecule has 0 fully saturated rings. The van der Waals surface area contributed by atoms with Crippen LogP contribution >= 0.6 is 0 Å². The number of ether oxygens (including phenoxy) is 1. The third-order valence-corrected chi connectivity index (χ3v) is 4.25. The third-order valence-electron chi connectivity index (χ3n) is 4.25. The highest BCUT2D eigenvalue weighted by molar-refractivity contribution is 5.91. The smallest absolute Gasteiger partial charge is 0.194 e. The Morgan fingerprint density at radius 3 is 2.91 bits per heavy atom. The number of rotatable bonds is 4. The van der Waals surface area contributed by atoms with Crippen molar-refractivity contribution in [2.24, 2.45) is 10.7 Å². The Kier molecular flexibility index (Phi) is 4.57. The lowest BCUT2D eigenvalue weighted by molar-refractivity contribution is -0.0558. The summed E-state index contributed by atoms with van der Waals surface area (Å²) in [5, 5.41) is 3.01. The van der Waals surface area contributed by atoms with Crippen LogP contribution in [0.2, 0.25) is 0 Å². The topological polar surface area (TPSA) is 72.5 Å². The van der Waals surface area contributed by atoms with E-state index < -0.39 is 5.60 Å². The number of hydrogen-bond donors (Lipinski definition) is 2. The molecule has 1 aliphatic rings. The molecule has 1 aliphatic heterocycles. The predicted molar refractivity (Wildman–Crippen MR) is 92.4 cm³/mol. The number of nitrogens with one attached hydrogen (secondary N) is 1. The standard InChI is InChI=1S/C18H22N4O/c1-2-18(15-8-4-3-7-14(15)10-12-23-18)13-21-17(19)22-16-9-5-6-11-20-16/h3-9,11H,2,10,12-13H2,1H3,(H3,19,20,21,22). The van der Waals surface area contributed by atoms with Crippen LogP contribution in [0.1, 0.15) is 24.5 Å². The molecule has 2 heterocycles. The Balaban J connectivity index is 1.79. The number of aromatic nitrogens is 1. The maximum atomic E-state index is 6.14. The number of guanidine groups is 1. The molecular weight excluding hydrogens is 288 g/mol. The van der Waals surface area contributed by atoms with Gasteiger partial charge in [0, 0.05) is 6.20 Å². The number of nitrogens with zero attached hydrogens (tertiary/aromatic N) is 2. The first kappa shape index (κ1) is 15.5. The van der Waals surface area contributed by atoms with Crippen molar-refractivity contribution in [2.45, 2.75) is 25.4 Å². The van der Waals surface area contributed by atoms with E-state index in [-0.39, 0.29) is 0 Å². The molecule has 1 atom stereocenters. The van der Waals surface area contributed by atoms with Gasteiger partial charge >= 0.3 is 0 Å². The van der Waals surface area contributed by atoms with Gasteiger partial charge in [0.2, 0.25) is 0 Å². The summed E-state index contributed by atoms with van der Waals surface area (Å²) in [6.45, 7) is 3.33. The molecule has 1 unspecified atom stereocenters. The van der Waals surface area contributed by atoms with Crippen LogP contribution in [0.5, 0.6) is 0 Å². The van der Waals surface area contributed by atoms with E-state index in [9.17, 15) is 0 Å². The molecule has 2 aromatic rings. The Hall–Kier alpha value is -2.40. The average molecular weight is 310 g/mol. The molecule has 5 heteroatoms. The lowest BCUT2D eigenvalue weighted by Crippen LogP contribution is -2.39.